The molecule has 11 heteroatoms. The van der Waals surface area contributed by atoms with Crippen molar-refractivity contribution in [2.24, 2.45) is 4.99 Å². The number of nitrogens with one attached hydrogen (secondary N) is 1. The average molecular weight is 527 g/mol. The van der Waals surface area contributed by atoms with E-state index in [1.807, 2.05) is 4.90 Å². The molecule has 2 aliphatic rings. The Morgan fingerprint density at radius 3 is 2.54 bits per heavy atom. The van der Waals surface area contributed by atoms with Gasteiger partial charge < -0.3 is 19.8 Å². The Bertz CT molecular complexity index is 727. The fourth-order valence-corrected chi connectivity index (χ4v) is 5.16. The SMILES string of the molecule is CN=C(NCC1(O)CCCCC1)N1CCN(S(=O)(=O)Cc2ccon2)CC1.I. The highest BCUT2D eigenvalue weighted by molar-refractivity contribution is 14.0. The zero-order valence-corrected chi connectivity index (χ0v) is 19.4. The lowest BCUT2D eigenvalue weighted by molar-refractivity contribution is 0.00802. The molecule has 0 amide bonds. The summed E-state index contributed by atoms with van der Waals surface area (Å²) in [6.07, 6.45) is 6.29. The molecule has 1 aromatic rings. The Hall–Kier alpha value is -0.920. The van der Waals surface area contributed by atoms with Crippen LogP contribution in [0.4, 0.5) is 0 Å². The molecule has 28 heavy (non-hydrogen) atoms. The number of guanidine groups is 1. The van der Waals surface area contributed by atoms with Crippen molar-refractivity contribution in [2.45, 2.75) is 43.5 Å². The predicted octanol–water partition coefficient (Wildman–Crippen LogP) is 1.01. The molecule has 0 aromatic carbocycles. The van der Waals surface area contributed by atoms with Crippen molar-refractivity contribution in [1.29, 1.82) is 0 Å². The fraction of sp³-hybridized carbons (Fsp3) is 0.765. The van der Waals surface area contributed by atoms with Gasteiger partial charge in [-0.1, -0.05) is 24.4 Å². The minimum Gasteiger partial charge on any atom is -0.388 e. The van der Waals surface area contributed by atoms with Crippen LogP contribution in [-0.4, -0.2) is 79.2 Å². The maximum Gasteiger partial charge on any atom is 0.220 e. The average Bonchev–Trinajstić information content (AvgIpc) is 3.15. The van der Waals surface area contributed by atoms with Gasteiger partial charge in [-0.05, 0) is 12.8 Å². The van der Waals surface area contributed by atoms with E-state index in [9.17, 15) is 13.5 Å². The number of aliphatic hydroxyl groups is 1. The quantitative estimate of drug-likeness (QED) is 0.334. The van der Waals surface area contributed by atoms with Gasteiger partial charge in [0.25, 0.3) is 0 Å². The number of hydrogen-bond donors (Lipinski definition) is 2. The zero-order valence-electron chi connectivity index (χ0n) is 16.2. The van der Waals surface area contributed by atoms with Crippen LogP contribution in [0.2, 0.25) is 0 Å². The van der Waals surface area contributed by atoms with Gasteiger partial charge in [0.15, 0.2) is 5.96 Å². The van der Waals surface area contributed by atoms with Crippen LogP contribution in [0.1, 0.15) is 37.8 Å². The fourth-order valence-electron chi connectivity index (χ4n) is 3.73. The summed E-state index contributed by atoms with van der Waals surface area (Å²) in [5.41, 5.74) is -0.257. The molecule has 1 aliphatic heterocycles. The molecule has 0 unspecified atom stereocenters. The number of nitrogens with zero attached hydrogens (tertiary/aromatic N) is 4. The van der Waals surface area contributed by atoms with E-state index in [1.165, 1.54) is 17.0 Å². The first kappa shape index (κ1) is 23.4. The third kappa shape index (κ3) is 6.04. The lowest BCUT2D eigenvalue weighted by Crippen LogP contribution is -2.55. The van der Waals surface area contributed by atoms with Gasteiger partial charge in [-0.2, -0.15) is 4.31 Å². The van der Waals surface area contributed by atoms with Crippen molar-refractivity contribution in [3.8, 4) is 0 Å². The Morgan fingerprint density at radius 2 is 1.96 bits per heavy atom. The molecule has 0 radical (unpaired) electrons. The second kappa shape index (κ2) is 10.2. The highest BCUT2D eigenvalue weighted by Crippen LogP contribution is 2.27. The molecule has 1 saturated carbocycles. The molecule has 1 saturated heterocycles. The number of halogens is 1. The normalized spacial score (nSPS) is 21.2. The third-order valence-electron chi connectivity index (χ3n) is 5.32. The van der Waals surface area contributed by atoms with Crippen LogP contribution in [0, 0.1) is 0 Å². The van der Waals surface area contributed by atoms with E-state index in [0.717, 1.165) is 25.7 Å². The number of sulfonamides is 1. The first-order valence-electron chi connectivity index (χ1n) is 9.47. The standard InChI is InChI=1S/C17H29N5O4S.HI/c1-18-16(19-14-17(23)6-3-2-4-7-17)21-8-10-22(11-9-21)27(24,25)13-15-5-12-26-20-15;/h5,12,23H,2-4,6-11,13-14H2,1H3,(H,18,19);1H. The van der Waals surface area contributed by atoms with E-state index in [-0.39, 0.29) is 29.7 Å². The van der Waals surface area contributed by atoms with Gasteiger partial charge in [0.1, 0.15) is 12.0 Å². The van der Waals surface area contributed by atoms with Crippen LogP contribution >= 0.6 is 24.0 Å². The van der Waals surface area contributed by atoms with Crippen LogP contribution in [0.15, 0.2) is 21.8 Å². The summed E-state index contributed by atoms with van der Waals surface area (Å²) in [5, 5.41) is 17.6. The van der Waals surface area contributed by atoms with E-state index < -0.39 is 15.6 Å². The zero-order chi connectivity index (χ0) is 19.3. The minimum atomic E-state index is -3.42. The maximum atomic E-state index is 12.5. The van der Waals surface area contributed by atoms with E-state index >= 15 is 0 Å². The van der Waals surface area contributed by atoms with Gasteiger partial charge >= 0.3 is 0 Å². The van der Waals surface area contributed by atoms with Crippen molar-refractivity contribution in [3.05, 3.63) is 18.0 Å². The van der Waals surface area contributed by atoms with Crippen molar-refractivity contribution in [2.75, 3.05) is 39.8 Å². The summed E-state index contributed by atoms with van der Waals surface area (Å²) in [6, 6.07) is 1.57. The van der Waals surface area contributed by atoms with Crippen molar-refractivity contribution < 1.29 is 18.0 Å². The van der Waals surface area contributed by atoms with E-state index in [0.29, 0.717) is 44.4 Å². The van der Waals surface area contributed by atoms with Crippen molar-refractivity contribution >= 4 is 40.0 Å². The van der Waals surface area contributed by atoms with E-state index in [1.54, 1.807) is 13.1 Å². The Kier molecular flexibility index (Phi) is 8.52. The Labute approximate surface area is 183 Å². The van der Waals surface area contributed by atoms with Crippen LogP contribution in [-0.2, 0) is 15.8 Å². The number of hydrogen-bond acceptors (Lipinski definition) is 6. The van der Waals surface area contributed by atoms with Crippen LogP contribution in [0.3, 0.4) is 0 Å². The summed E-state index contributed by atoms with van der Waals surface area (Å²) in [6.45, 7) is 2.37. The molecule has 160 valence electrons. The second-order valence-electron chi connectivity index (χ2n) is 7.32. The first-order chi connectivity index (χ1) is 12.9. The van der Waals surface area contributed by atoms with Gasteiger partial charge in [-0.25, -0.2) is 8.42 Å². The molecular weight excluding hydrogens is 497 g/mol. The van der Waals surface area contributed by atoms with Crippen LogP contribution < -0.4 is 5.32 Å². The second-order valence-corrected chi connectivity index (χ2v) is 9.29. The van der Waals surface area contributed by atoms with Crippen molar-refractivity contribution in [3.63, 3.8) is 0 Å². The van der Waals surface area contributed by atoms with Gasteiger partial charge in [0.05, 0.1) is 11.3 Å². The summed E-state index contributed by atoms with van der Waals surface area (Å²) < 4.78 is 31.2. The molecular formula is C17H30IN5O4S. The molecule has 9 nitrogen and oxygen atoms in total. The number of piperazine rings is 1. The predicted molar refractivity (Wildman–Crippen MR) is 117 cm³/mol. The summed E-state index contributed by atoms with van der Waals surface area (Å²) in [5.74, 6) is 0.561. The Morgan fingerprint density at radius 1 is 1.29 bits per heavy atom. The molecule has 2 N–H and O–H groups in total. The lowest BCUT2D eigenvalue weighted by Gasteiger charge is -2.38. The molecule has 2 fully saturated rings. The topological polar surface area (TPSA) is 111 Å². The minimum absolute atomic E-state index is 0. The number of aliphatic imine (C=N–C) groups is 1. The molecule has 0 bridgehead atoms. The lowest BCUT2D eigenvalue weighted by atomic mass is 9.85. The molecule has 2 heterocycles. The van der Waals surface area contributed by atoms with Crippen LogP contribution in [0.5, 0.6) is 0 Å². The van der Waals surface area contributed by atoms with Gasteiger partial charge in [-0.15, -0.1) is 24.0 Å². The van der Waals surface area contributed by atoms with Gasteiger partial charge in [0.2, 0.25) is 10.0 Å². The molecule has 1 aromatic heterocycles. The molecule has 0 spiro atoms. The van der Waals surface area contributed by atoms with Crippen LogP contribution in [0.25, 0.3) is 0 Å². The largest absolute Gasteiger partial charge is 0.388 e. The Balaban J connectivity index is 0.00000280. The van der Waals surface area contributed by atoms with Crippen molar-refractivity contribution in [1.82, 2.24) is 19.7 Å². The summed E-state index contributed by atoms with van der Waals surface area (Å²) in [7, 11) is -1.71. The highest BCUT2D eigenvalue weighted by Gasteiger charge is 2.32. The summed E-state index contributed by atoms with van der Waals surface area (Å²) in [4.78, 5) is 6.34. The maximum absolute atomic E-state index is 12.5. The molecule has 3 rings (SSSR count). The molecule has 1 aliphatic carbocycles. The number of aromatic nitrogens is 1. The van der Waals surface area contributed by atoms with Gasteiger partial charge in [0, 0.05) is 45.8 Å². The van der Waals surface area contributed by atoms with Gasteiger partial charge in [-0.3, -0.25) is 4.99 Å². The smallest absolute Gasteiger partial charge is 0.220 e. The van der Waals surface area contributed by atoms with E-state index in [4.69, 9.17) is 4.52 Å². The van der Waals surface area contributed by atoms with E-state index in [2.05, 4.69) is 15.5 Å². The monoisotopic (exact) mass is 527 g/mol. The third-order valence-corrected chi connectivity index (χ3v) is 7.14. The molecule has 0 atom stereocenters. The number of rotatable bonds is 5. The highest BCUT2D eigenvalue weighted by atomic mass is 127. The first-order valence-corrected chi connectivity index (χ1v) is 11.1. The summed E-state index contributed by atoms with van der Waals surface area (Å²) >= 11 is 0.